The van der Waals surface area contributed by atoms with E-state index in [2.05, 4.69) is 4.90 Å². The van der Waals surface area contributed by atoms with E-state index in [0.717, 1.165) is 30.7 Å². The third kappa shape index (κ3) is 3.84. The van der Waals surface area contributed by atoms with Crippen LogP contribution in [0.2, 0.25) is 0 Å². The zero-order valence-electron chi connectivity index (χ0n) is 15.5. The molecule has 0 spiro atoms. The number of piperidine rings is 1. The molecule has 2 aromatic rings. The van der Waals surface area contributed by atoms with E-state index in [1.165, 1.54) is 6.42 Å². The number of benzene rings is 2. The van der Waals surface area contributed by atoms with Crippen LogP contribution in [-0.4, -0.2) is 43.5 Å². The quantitative estimate of drug-likeness (QED) is 0.769. The Morgan fingerprint density at radius 1 is 1.07 bits per heavy atom. The molecule has 0 aromatic heterocycles. The van der Waals surface area contributed by atoms with Gasteiger partial charge in [0.1, 0.15) is 5.75 Å². The van der Waals surface area contributed by atoms with Gasteiger partial charge in [0.25, 0.3) is 0 Å². The first-order valence-corrected chi connectivity index (χ1v) is 9.53. The van der Waals surface area contributed by atoms with Crippen LogP contribution in [0.5, 0.6) is 5.75 Å². The smallest absolute Gasteiger partial charge is 0.340 e. The summed E-state index contributed by atoms with van der Waals surface area (Å²) in [5.41, 5.74) is 1.61. The molecule has 2 aromatic carbocycles. The lowest BCUT2D eigenvalue weighted by molar-refractivity contribution is -0.207. The topological polar surface area (TPSA) is 48.0 Å². The average molecular weight is 367 g/mol. The van der Waals surface area contributed by atoms with Gasteiger partial charge in [-0.15, -0.1) is 0 Å². The molecule has 142 valence electrons. The lowest BCUT2D eigenvalue weighted by Gasteiger charge is -2.47. The highest BCUT2D eigenvalue weighted by Crippen LogP contribution is 2.37. The van der Waals surface area contributed by atoms with Gasteiger partial charge >= 0.3 is 5.97 Å². The summed E-state index contributed by atoms with van der Waals surface area (Å²) < 4.78 is 17.1. The van der Waals surface area contributed by atoms with Gasteiger partial charge in [0, 0.05) is 6.04 Å². The summed E-state index contributed by atoms with van der Waals surface area (Å²) in [5.74, 6) is 0.457. The Balaban J connectivity index is 1.60. The van der Waals surface area contributed by atoms with E-state index in [4.69, 9.17) is 14.2 Å². The van der Waals surface area contributed by atoms with Crippen molar-refractivity contribution in [1.29, 1.82) is 0 Å². The summed E-state index contributed by atoms with van der Waals surface area (Å²) >= 11 is 0. The van der Waals surface area contributed by atoms with Crippen molar-refractivity contribution in [1.82, 2.24) is 4.90 Å². The summed E-state index contributed by atoms with van der Waals surface area (Å²) in [6.45, 7) is 1.59. The molecule has 3 atom stereocenters. The summed E-state index contributed by atoms with van der Waals surface area (Å²) in [6.07, 6.45) is 2.86. The van der Waals surface area contributed by atoms with Crippen molar-refractivity contribution in [2.45, 2.75) is 37.6 Å². The van der Waals surface area contributed by atoms with Crippen molar-refractivity contribution >= 4 is 5.97 Å². The Bertz CT molecular complexity index is 762. The number of morpholine rings is 1. The number of fused-ring (bicyclic) bond motifs is 1. The SMILES string of the molecule is COc1ccc(C2C(OC(=O)c3ccccc3)OCC3CCCCN32)cc1. The summed E-state index contributed by atoms with van der Waals surface area (Å²) in [4.78, 5) is 15.1. The minimum absolute atomic E-state index is 0.109. The molecule has 0 saturated carbocycles. The molecule has 0 bridgehead atoms. The zero-order valence-corrected chi connectivity index (χ0v) is 15.5. The van der Waals surface area contributed by atoms with Crippen molar-refractivity contribution in [3.8, 4) is 5.75 Å². The molecule has 0 radical (unpaired) electrons. The maximum Gasteiger partial charge on any atom is 0.340 e. The van der Waals surface area contributed by atoms with Gasteiger partial charge in [0.2, 0.25) is 6.29 Å². The van der Waals surface area contributed by atoms with Crippen LogP contribution in [-0.2, 0) is 9.47 Å². The van der Waals surface area contributed by atoms with Gasteiger partial charge < -0.3 is 14.2 Å². The molecule has 0 amide bonds. The molecule has 5 nitrogen and oxygen atoms in total. The van der Waals surface area contributed by atoms with Gasteiger partial charge in [-0.3, -0.25) is 4.90 Å². The number of ether oxygens (including phenoxy) is 3. The first kappa shape index (κ1) is 18.0. The van der Waals surface area contributed by atoms with Gasteiger partial charge in [0.05, 0.1) is 25.3 Å². The van der Waals surface area contributed by atoms with E-state index in [-0.39, 0.29) is 12.0 Å². The number of hydrogen-bond donors (Lipinski definition) is 0. The first-order valence-electron chi connectivity index (χ1n) is 9.53. The molecule has 0 N–H and O–H groups in total. The van der Waals surface area contributed by atoms with Gasteiger partial charge in [0.15, 0.2) is 0 Å². The van der Waals surface area contributed by atoms with E-state index >= 15 is 0 Å². The first-order chi connectivity index (χ1) is 13.3. The van der Waals surface area contributed by atoms with Crippen LogP contribution in [0.3, 0.4) is 0 Å². The molecule has 2 heterocycles. The lowest BCUT2D eigenvalue weighted by atomic mass is 9.94. The van der Waals surface area contributed by atoms with Gasteiger partial charge in [-0.1, -0.05) is 36.8 Å². The number of methoxy groups -OCH3 is 1. The third-order valence-corrected chi connectivity index (χ3v) is 5.43. The number of hydrogen-bond acceptors (Lipinski definition) is 5. The van der Waals surface area contributed by atoms with E-state index in [0.29, 0.717) is 18.2 Å². The molecule has 4 rings (SSSR count). The summed E-state index contributed by atoms with van der Waals surface area (Å²) in [5, 5.41) is 0. The van der Waals surface area contributed by atoms with Crippen molar-refractivity contribution in [3.05, 3.63) is 65.7 Å². The number of rotatable bonds is 4. The van der Waals surface area contributed by atoms with Crippen molar-refractivity contribution in [2.24, 2.45) is 0 Å². The fourth-order valence-corrected chi connectivity index (χ4v) is 4.02. The fraction of sp³-hybridized carbons (Fsp3) is 0.409. The highest BCUT2D eigenvalue weighted by Gasteiger charge is 2.42. The molecule has 3 unspecified atom stereocenters. The molecular weight excluding hydrogens is 342 g/mol. The van der Waals surface area contributed by atoms with Crippen molar-refractivity contribution < 1.29 is 19.0 Å². The molecule has 5 heteroatoms. The maximum atomic E-state index is 12.6. The molecule has 2 fully saturated rings. The van der Waals surface area contributed by atoms with Crippen molar-refractivity contribution in [2.75, 3.05) is 20.3 Å². The summed E-state index contributed by atoms with van der Waals surface area (Å²) in [7, 11) is 1.66. The number of nitrogens with zero attached hydrogens (tertiary/aromatic N) is 1. The van der Waals surface area contributed by atoms with Crippen LogP contribution in [0.25, 0.3) is 0 Å². The predicted octanol–water partition coefficient (Wildman–Crippen LogP) is 3.80. The van der Waals surface area contributed by atoms with Gasteiger partial charge in [-0.25, -0.2) is 4.79 Å². The highest BCUT2D eigenvalue weighted by atomic mass is 16.7. The van der Waals surface area contributed by atoms with E-state index < -0.39 is 6.29 Å². The Kier molecular flexibility index (Phi) is 5.41. The molecule has 27 heavy (non-hydrogen) atoms. The molecule has 2 saturated heterocycles. The Hall–Kier alpha value is -2.37. The Labute approximate surface area is 159 Å². The second-order valence-electron chi connectivity index (χ2n) is 7.08. The second-order valence-corrected chi connectivity index (χ2v) is 7.08. The van der Waals surface area contributed by atoms with Crippen molar-refractivity contribution in [3.63, 3.8) is 0 Å². The minimum atomic E-state index is -0.625. The number of esters is 1. The predicted molar refractivity (Wildman–Crippen MR) is 102 cm³/mol. The largest absolute Gasteiger partial charge is 0.497 e. The number of carbonyl (C=O) groups excluding carboxylic acids is 1. The highest BCUT2D eigenvalue weighted by molar-refractivity contribution is 5.89. The standard InChI is InChI=1S/C22H25NO4/c1-25-19-12-10-16(11-13-19)20-22(26-15-18-9-5-6-14-23(18)20)27-21(24)17-7-3-2-4-8-17/h2-4,7-8,10-13,18,20,22H,5-6,9,14-15H2,1H3. The van der Waals surface area contributed by atoms with Crippen LogP contribution < -0.4 is 4.74 Å². The van der Waals surface area contributed by atoms with Crippen LogP contribution >= 0.6 is 0 Å². The van der Waals surface area contributed by atoms with Crippen LogP contribution in [0, 0.1) is 0 Å². The van der Waals surface area contributed by atoms with E-state index in [1.54, 1.807) is 19.2 Å². The zero-order chi connectivity index (χ0) is 18.6. The number of carbonyl (C=O) groups is 1. The molecule has 0 aliphatic carbocycles. The normalized spacial score (nSPS) is 25.4. The summed E-state index contributed by atoms with van der Waals surface area (Å²) in [6, 6.07) is 17.3. The van der Waals surface area contributed by atoms with Crippen LogP contribution in [0.4, 0.5) is 0 Å². The molecule has 2 aliphatic rings. The average Bonchev–Trinajstić information content (AvgIpc) is 2.74. The minimum Gasteiger partial charge on any atom is -0.497 e. The lowest BCUT2D eigenvalue weighted by Crippen LogP contribution is -2.54. The van der Waals surface area contributed by atoms with E-state index in [9.17, 15) is 4.79 Å². The third-order valence-electron chi connectivity index (χ3n) is 5.43. The van der Waals surface area contributed by atoms with Gasteiger partial charge in [-0.2, -0.15) is 0 Å². The molecule has 2 aliphatic heterocycles. The van der Waals surface area contributed by atoms with Crippen LogP contribution in [0.1, 0.15) is 41.2 Å². The fourth-order valence-electron chi connectivity index (χ4n) is 4.02. The Morgan fingerprint density at radius 3 is 2.59 bits per heavy atom. The Morgan fingerprint density at radius 2 is 1.85 bits per heavy atom. The monoisotopic (exact) mass is 367 g/mol. The van der Waals surface area contributed by atoms with E-state index in [1.807, 2.05) is 42.5 Å². The molecular formula is C22H25NO4. The van der Waals surface area contributed by atoms with Crippen LogP contribution in [0.15, 0.2) is 54.6 Å². The second kappa shape index (κ2) is 8.11. The van der Waals surface area contributed by atoms with Gasteiger partial charge in [-0.05, 0) is 49.2 Å². The maximum absolute atomic E-state index is 12.6.